The van der Waals surface area contributed by atoms with E-state index in [4.69, 9.17) is 16.3 Å². The van der Waals surface area contributed by atoms with E-state index in [2.05, 4.69) is 32.6 Å². The molecular weight excluding hydrogens is 363 g/mol. The third kappa shape index (κ3) is 2.18. The van der Waals surface area contributed by atoms with E-state index in [1.807, 2.05) is 36.5 Å². The lowest BCUT2D eigenvalue weighted by molar-refractivity contribution is 0.487. The van der Waals surface area contributed by atoms with Crippen molar-refractivity contribution in [2.24, 2.45) is 0 Å². The zero-order valence-corrected chi connectivity index (χ0v) is 12.1. The van der Waals surface area contributed by atoms with Gasteiger partial charge in [0, 0.05) is 22.0 Å². The molecule has 90 valence electrons. The molecule has 2 aromatic heterocycles. The Morgan fingerprint density at radius 1 is 1.17 bits per heavy atom. The number of pyridine rings is 1. The summed E-state index contributed by atoms with van der Waals surface area (Å²) < 4.78 is 6.90. The van der Waals surface area contributed by atoms with Gasteiger partial charge in [-0.05, 0) is 46.9 Å². The maximum atomic E-state index is 6.15. The quantitative estimate of drug-likeness (QED) is 0.669. The first-order valence-electron chi connectivity index (χ1n) is 5.29. The smallest absolute Gasteiger partial charge is 0.154 e. The van der Waals surface area contributed by atoms with E-state index in [0.717, 1.165) is 14.6 Å². The molecule has 3 rings (SSSR count). The van der Waals surface area contributed by atoms with Gasteiger partial charge >= 0.3 is 0 Å². The number of ether oxygens (including phenoxy) is 1. The van der Waals surface area contributed by atoms with Crippen LogP contribution in [-0.2, 0) is 0 Å². The van der Waals surface area contributed by atoms with E-state index in [9.17, 15) is 0 Å². The van der Waals surface area contributed by atoms with Crippen LogP contribution in [0.3, 0.4) is 0 Å². The average molecular weight is 371 g/mol. The van der Waals surface area contributed by atoms with Gasteiger partial charge in [0.25, 0.3) is 0 Å². The van der Waals surface area contributed by atoms with E-state index < -0.39 is 0 Å². The molecule has 0 saturated heterocycles. The van der Waals surface area contributed by atoms with Crippen molar-refractivity contribution in [1.82, 2.24) is 9.97 Å². The summed E-state index contributed by atoms with van der Waals surface area (Å²) in [5.41, 5.74) is 1.74. The van der Waals surface area contributed by atoms with Crippen molar-refractivity contribution < 1.29 is 4.74 Å². The van der Waals surface area contributed by atoms with Gasteiger partial charge in [-0.3, -0.25) is 4.98 Å². The van der Waals surface area contributed by atoms with Crippen molar-refractivity contribution >= 4 is 45.2 Å². The van der Waals surface area contributed by atoms with E-state index in [-0.39, 0.29) is 0 Å². The van der Waals surface area contributed by atoms with Gasteiger partial charge in [0.05, 0.1) is 10.5 Å². The third-order valence-electron chi connectivity index (χ3n) is 2.52. The number of nitrogens with one attached hydrogen (secondary N) is 1. The Balaban J connectivity index is 2.03. The van der Waals surface area contributed by atoms with Crippen LogP contribution in [0.4, 0.5) is 0 Å². The summed E-state index contributed by atoms with van der Waals surface area (Å²) in [5, 5.41) is 0.596. The minimum absolute atomic E-state index is 0.596. The first-order valence-corrected chi connectivity index (χ1v) is 6.75. The molecule has 0 unspecified atom stereocenters. The first kappa shape index (κ1) is 11.8. The summed E-state index contributed by atoms with van der Waals surface area (Å²) in [4.78, 5) is 7.34. The van der Waals surface area contributed by atoms with Crippen molar-refractivity contribution in [3.63, 3.8) is 0 Å². The molecule has 2 heterocycles. The van der Waals surface area contributed by atoms with E-state index in [0.29, 0.717) is 16.5 Å². The number of benzene rings is 1. The highest BCUT2D eigenvalue weighted by Gasteiger charge is 2.08. The van der Waals surface area contributed by atoms with E-state index in [1.54, 1.807) is 6.20 Å². The molecule has 0 fully saturated rings. The maximum absolute atomic E-state index is 6.15. The van der Waals surface area contributed by atoms with Crippen molar-refractivity contribution in [2.75, 3.05) is 0 Å². The summed E-state index contributed by atoms with van der Waals surface area (Å²) in [7, 11) is 0. The number of fused-ring (bicyclic) bond motifs is 1. The molecule has 0 aliphatic carbocycles. The molecule has 0 atom stereocenters. The summed E-state index contributed by atoms with van der Waals surface area (Å²) in [6, 6.07) is 9.39. The van der Waals surface area contributed by atoms with Crippen LogP contribution in [0, 0.1) is 3.57 Å². The molecule has 0 saturated carbocycles. The molecule has 3 nitrogen and oxygen atoms in total. The minimum atomic E-state index is 0.596. The van der Waals surface area contributed by atoms with Crippen LogP contribution in [0.15, 0.2) is 42.7 Å². The number of hydrogen-bond donors (Lipinski definition) is 1. The molecule has 5 heteroatoms. The number of hydrogen-bond acceptors (Lipinski definition) is 2. The van der Waals surface area contributed by atoms with Crippen LogP contribution in [0.2, 0.25) is 5.02 Å². The van der Waals surface area contributed by atoms with Crippen LogP contribution < -0.4 is 4.74 Å². The van der Waals surface area contributed by atoms with Gasteiger partial charge in [-0.2, -0.15) is 0 Å². The van der Waals surface area contributed by atoms with Gasteiger partial charge in [-0.15, -0.1) is 0 Å². The second-order valence-corrected chi connectivity index (χ2v) is 5.38. The second-order valence-electron chi connectivity index (χ2n) is 3.72. The molecule has 0 radical (unpaired) electrons. The molecule has 0 bridgehead atoms. The number of halogens is 2. The highest BCUT2D eigenvalue weighted by atomic mass is 127. The Bertz CT molecular complexity index is 711. The Morgan fingerprint density at radius 2 is 2.06 bits per heavy atom. The summed E-state index contributed by atoms with van der Waals surface area (Å²) >= 11 is 8.36. The van der Waals surface area contributed by atoms with Gasteiger partial charge in [-0.25, -0.2) is 0 Å². The highest BCUT2D eigenvalue weighted by molar-refractivity contribution is 14.1. The minimum Gasteiger partial charge on any atom is -0.453 e. The number of H-pyrrole nitrogens is 1. The fourth-order valence-corrected chi connectivity index (χ4v) is 2.59. The van der Waals surface area contributed by atoms with Gasteiger partial charge in [0.15, 0.2) is 5.75 Å². The summed E-state index contributed by atoms with van der Waals surface area (Å²) in [6.07, 6.45) is 3.55. The molecule has 18 heavy (non-hydrogen) atoms. The summed E-state index contributed by atoms with van der Waals surface area (Å²) in [6.45, 7) is 0. The lowest BCUT2D eigenvalue weighted by Crippen LogP contribution is -1.88. The zero-order valence-electron chi connectivity index (χ0n) is 9.15. The maximum Gasteiger partial charge on any atom is 0.154 e. The molecule has 0 aliphatic rings. The third-order valence-corrected chi connectivity index (χ3v) is 3.49. The van der Waals surface area contributed by atoms with Crippen LogP contribution in [0.25, 0.3) is 11.0 Å². The zero-order chi connectivity index (χ0) is 12.5. The van der Waals surface area contributed by atoms with Gasteiger partial charge in [0.2, 0.25) is 0 Å². The van der Waals surface area contributed by atoms with Crippen LogP contribution >= 0.6 is 34.2 Å². The molecule has 0 aliphatic heterocycles. The highest BCUT2D eigenvalue weighted by Crippen LogP contribution is 2.33. The second kappa shape index (κ2) is 4.78. The monoisotopic (exact) mass is 370 g/mol. The lowest BCUT2D eigenvalue weighted by Gasteiger charge is -2.08. The molecule has 1 N–H and O–H groups in total. The van der Waals surface area contributed by atoms with Crippen molar-refractivity contribution in [2.45, 2.75) is 0 Å². The van der Waals surface area contributed by atoms with Crippen molar-refractivity contribution in [3.05, 3.63) is 51.3 Å². The Morgan fingerprint density at radius 3 is 2.89 bits per heavy atom. The Hall–Kier alpha value is -1.27. The fraction of sp³-hybridized carbons (Fsp3) is 0. The van der Waals surface area contributed by atoms with Crippen LogP contribution in [0.5, 0.6) is 11.5 Å². The topological polar surface area (TPSA) is 37.9 Å². The summed E-state index contributed by atoms with van der Waals surface area (Å²) in [5.74, 6) is 1.35. The predicted molar refractivity (Wildman–Crippen MR) is 80.3 cm³/mol. The average Bonchev–Trinajstić information content (AvgIpc) is 2.82. The van der Waals surface area contributed by atoms with Crippen molar-refractivity contribution in [1.29, 1.82) is 0 Å². The number of aromatic amines is 1. The van der Waals surface area contributed by atoms with E-state index in [1.165, 1.54) is 0 Å². The molecule has 0 spiro atoms. The molecule has 1 aromatic carbocycles. The SMILES string of the molecule is Clc1cc(I)ccc1Oc1ccnc2cc[nH]c12. The van der Waals surface area contributed by atoms with Crippen LogP contribution in [0.1, 0.15) is 0 Å². The lowest BCUT2D eigenvalue weighted by atomic mass is 10.3. The van der Waals surface area contributed by atoms with Gasteiger partial charge in [0.1, 0.15) is 11.3 Å². The Labute approximate surface area is 122 Å². The normalized spacial score (nSPS) is 10.8. The molecule has 0 amide bonds. The predicted octanol–water partition coefficient (Wildman–Crippen LogP) is 4.61. The molecule has 3 aromatic rings. The van der Waals surface area contributed by atoms with E-state index >= 15 is 0 Å². The van der Waals surface area contributed by atoms with Gasteiger partial charge < -0.3 is 9.72 Å². The first-order chi connectivity index (χ1) is 8.74. The fourth-order valence-electron chi connectivity index (χ4n) is 1.70. The van der Waals surface area contributed by atoms with Crippen molar-refractivity contribution in [3.8, 4) is 11.5 Å². The largest absolute Gasteiger partial charge is 0.453 e. The van der Waals surface area contributed by atoms with Crippen LogP contribution in [-0.4, -0.2) is 9.97 Å². The Kier molecular flexibility index (Phi) is 3.13. The molecular formula is C13H8ClIN2O. The standard InChI is InChI=1S/C13H8ClIN2O/c14-9-7-8(15)1-2-11(9)18-12-4-6-16-10-3-5-17-13(10)12/h1-7,17H. The van der Waals surface area contributed by atoms with Gasteiger partial charge in [-0.1, -0.05) is 11.6 Å². The number of aromatic nitrogens is 2. The number of nitrogens with zero attached hydrogens (tertiary/aromatic N) is 1. The number of rotatable bonds is 2.